The summed E-state index contributed by atoms with van der Waals surface area (Å²) in [6.45, 7) is 7.57. The summed E-state index contributed by atoms with van der Waals surface area (Å²) in [5.74, 6) is -0.245. The van der Waals surface area contributed by atoms with Crippen molar-refractivity contribution >= 4 is 28.9 Å². The van der Waals surface area contributed by atoms with Crippen LogP contribution in [0, 0.1) is 20.8 Å². The van der Waals surface area contributed by atoms with E-state index in [0.717, 1.165) is 28.2 Å². The third-order valence-electron chi connectivity index (χ3n) is 3.87. The van der Waals surface area contributed by atoms with Gasteiger partial charge in [-0.15, -0.1) is 0 Å². The van der Waals surface area contributed by atoms with Crippen LogP contribution < -0.4 is 16.0 Å². The molecule has 3 N–H and O–H groups in total. The predicted octanol–water partition coefficient (Wildman–Crippen LogP) is 3.62. The molecule has 0 spiro atoms. The largest absolute Gasteiger partial charge is 0.376 e. The molecule has 126 valence electrons. The maximum Gasteiger partial charge on any atom is 0.243 e. The van der Waals surface area contributed by atoms with Gasteiger partial charge in [-0.25, -0.2) is 0 Å². The van der Waals surface area contributed by atoms with Crippen LogP contribution in [0.2, 0.25) is 0 Å². The van der Waals surface area contributed by atoms with Crippen LogP contribution in [0.3, 0.4) is 0 Å². The Morgan fingerprint density at radius 3 is 2.29 bits per heavy atom. The summed E-state index contributed by atoms with van der Waals surface area (Å²) in [6.07, 6.45) is 0. The van der Waals surface area contributed by atoms with Crippen molar-refractivity contribution in [2.45, 2.75) is 27.7 Å². The second-order valence-corrected chi connectivity index (χ2v) is 5.86. The Morgan fingerprint density at radius 1 is 0.917 bits per heavy atom. The molecule has 24 heavy (non-hydrogen) atoms. The van der Waals surface area contributed by atoms with Gasteiger partial charge in [-0.05, 0) is 61.7 Å². The summed E-state index contributed by atoms with van der Waals surface area (Å²) in [4.78, 5) is 23.3. The van der Waals surface area contributed by atoms with Crippen LogP contribution in [0.5, 0.6) is 0 Å². The van der Waals surface area contributed by atoms with E-state index in [4.69, 9.17) is 0 Å². The maximum absolute atomic E-state index is 12.1. The molecule has 0 aliphatic carbocycles. The average Bonchev–Trinajstić information content (AvgIpc) is 2.51. The van der Waals surface area contributed by atoms with Gasteiger partial charge in [-0.3, -0.25) is 9.59 Å². The minimum absolute atomic E-state index is 0.122. The first kappa shape index (κ1) is 17.5. The van der Waals surface area contributed by atoms with Gasteiger partial charge in [0.25, 0.3) is 0 Å². The lowest BCUT2D eigenvalue weighted by atomic mass is 10.1. The smallest absolute Gasteiger partial charge is 0.243 e. The number of benzene rings is 2. The van der Waals surface area contributed by atoms with Gasteiger partial charge in [0.15, 0.2) is 0 Å². The summed E-state index contributed by atoms with van der Waals surface area (Å²) < 4.78 is 0. The molecule has 2 aromatic rings. The van der Waals surface area contributed by atoms with Crippen LogP contribution in [-0.2, 0) is 9.59 Å². The lowest BCUT2D eigenvalue weighted by Crippen LogP contribution is -2.22. The van der Waals surface area contributed by atoms with Crippen molar-refractivity contribution in [3.05, 3.63) is 53.1 Å². The van der Waals surface area contributed by atoms with E-state index < -0.39 is 0 Å². The standard InChI is InChI=1S/C19H23N3O2/c1-12-8-9-16(10-13(12)2)22-19(24)11-20-17-6-5-7-18(14(17)3)21-15(4)23/h5-10,20H,11H2,1-4H3,(H,21,23)(H,22,24). The summed E-state index contributed by atoms with van der Waals surface area (Å²) >= 11 is 0. The Hall–Kier alpha value is -2.82. The monoisotopic (exact) mass is 325 g/mol. The highest BCUT2D eigenvalue weighted by Gasteiger charge is 2.07. The van der Waals surface area contributed by atoms with Gasteiger partial charge in [0.2, 0.25) is 11.8 Å². The number of amides is 2. The second-order valence-electron chi connectivity index (χ2n) is 5.86. The average molecular weight is 325 g/mol. The topological polar surface area (TPSA) is 70.2 Å². The molecule has 0 aromatic heterocycles. The Kier molecular flexibility index (Phi) is 5.58. The van der Waals surface area contributed by atoms with Crippen LogP contribution in [-0.4, -0.2) is 18.4 Å². The van der Waals surface area contributed by atoms with Gasteiger partial charge in [0.05, 0.1) is 6.54 Å². The third-order valence-corrected chi connectivity index (χ3v) is 3.87. The zero-order valence-corrected chi connectivity index (χ0v) is 14.5. The summed E-state index contributed by atoms with van der Waals surface area (Å²) in [5.41, 5.74) is 5.56. The zero-order valence-electron chi connectivity index (χ0n) is 14.5. The number of hydrogen-bond acceptors (Lipinski definition) is 3. The van der Waals surface area contributed by atoms with E-state index in [2.05, 4.69) is 16.0 Å². The van der Waals surface area contributed by atoms with Gasteiger partial charge in [0.1, 0.15) is 0 Å². The summed E-state index contributed by atoms with van der Waals surface area (Å²) in [6, 6.07) is 11.4. The van der Waals surface area contributed by atoms with E-state index in [9.17, 15) is 9.59 Å². The molecule has 0 aliphatic heterocycles. The zero-order chi connectivity index (χ0) is 17.7. The van der Waals surface area contributed by atoms with E-state index in [-0.39, 0.29) is 18.4 Å². The first-order chi connectivity index (χ1) is 11.4. The van der Waals surface area contributed by atoms with Crippen molar-refractivity contribution in [1.82, 2.24) is 0 Å². The first-order valence-corrected chi connectivity index (χ1v) is 7.85. The third kappa shape index (κ3) is 4.59. The molecule has 0 unspecified atom stereocenters. The number of rotatable bonds is 5. The Bertz CT molecular complexity index is 769. The van der Waals surface area contributed by atoms with Crippen LogP contribution in [0.4, 0.5) is 17.1 Å². The molecular weight excluding hydrogens is 302 g/mol. The lowest BCUT2D eigenvalue weighted by Gasteiger charge is -2.14. The van der Waals surface area contributed by atoms with Gasteiger partial charge in [-0.1, -0.05) is 12.1 Å². The first-order valence-electron chi connectivity index (χ1n) is 7.85. The molecule has 2 amide bonds. The van der Waals surface area contributed by atoms with E-state index in [1.165, 1.54) is 12.5 Å². The highest BCUT2D eigenvalue weighted by atomic mass is 16.2. The molecule has 0 fully saturated rings. The number of anilines is 3. The fourth-order valence-electron chi connectivity index (χ4n) is 2.35. The van der Waals surface area contributed by atoms with Crippen LogP contribution in [0.25, 0.3) is 0 Å². The van der Waals surface area contributed by atoms with E-state index in [0.29, 0.717) is 0 Å². The van der Waals surface area contributed by atoms with Crippen molar-refractivity contribution < 1.29 is 9.59 Å². The molecule has 0 bridgehead atoms. The van der Waals surface area contributed by atoms with Gasteiger partial charge in [0, 0.05) is 24.0 Å². The van der Waals surface area contributed by atoms with E-state index >= 15 is 0 Å². The molecule has 0 saturated carbocycles. The predicted molar refractivity (Wildman–Crippen MR) is 98.5 cm³/mol. The number of aryl methyl sites for hydroxylation is 2. The van der Waals surface area contributed by atoms with Crippen LogP contribution in [0.15, 0.2) is 36.4 Å². The van der Waals surface area contributed by atoms with E-state index in [1.54, 1.807) is 0 Å². The molecule has 2 rings (SSSR count). The maximum atomic E-state index is 12.1. The highest BCUT2D eigenvalue weighted by molar-refractivity contribution is 5.94. The molecule has 0 atom stereocenters. The van der Waals surface area contributed by atoms with Crippen molar-refractivity contribution in [3.8, 4) is 0 Å². The molecule has 0 aliphatic rings. The van der Waals surface area contributed by atoms with Crippen molar-refractivity contribution in [1.29, 1.82) is 0 Å². The second kappa shape index (κ2) is 7.64. The highest BCUT2D eigenvalue weighted by Crippen LogP contribution is 2.23. The molecular formula is C19H23N3O2. The molecule has 0 radical (unpaired) electrons. The fraction of sp³-hybridized carbons (Fsp3) is 0.263. The van der Waals surface area contributed by atoms with Crippen molar-refractivity contribution in [3.63, 3.8) is 0 Å². The summed E-state index contributed by atoms with van der Waals surface area (Å²) in [7, 11) is 0. The fourth-order valence-corrected chi connectivity index (χ4v) is 2.35. The van der Waals surface area contributed by atoms with Crippen LogP contribution in [0.1, 0.15) is 23.6 Å². The van der Waals surface area contributed by atoms with Gasteiger partial charge < -0.3 is 16.0 Å². The van der Waals surface area contributed by atoms with Crippen molar-refractivity contribution in [2.75, 3.05) is 22.5 Å². The van der Waals surface area contributed by atoms with Gasteiger partial charge in [-0.2, -0.15) is 0 Å². The Morgan fingerprint density at radius 2 is 1.62 bits per heavy atom. The number of hydrogen-bond donors (Lipinski definition) is 3. The molecule has 5 nitrogen and oxygen atoms in total. The van der Waals surface area contributed by atoms with E-state index in [1.807, 2.05) is 57.2 Å². The SMILES string of the molecule is CC(=O)Nc1cccc(NCC(=O)Nc2ccc(C)c(C)c2)c1C. The number of carbonyl (C=O) groups is 2. The Balaban J connectivity index is 1.98. The molecule has 0 saturated heterocycles. The number of carbonyl (C=O) groups excluding carboxylic acids is 2. The van der Waals surface area contributed by atoms with Crippen LogP contribution >= 0.6 is 0 Å². The van der Waals surface area contributed by atoms with Gasteiger partial charge >= 0.3 is 0 Å². The Labute approximate surface area is 142 Å². The minimum Gasteiger partial charge on any atom is -0.376 e. The van der Waals surface area contributed by atoms with Crippen molar-refractivity contribution in [2.24, 2.45) is 0 Å². The minimum atomic E-state index is -0.123. The lowest BCUT2D eigenvalue weighted by molar-refractivity contribution is -0.115. The normalized spacial score (nSPS) is 10.2. The quantitative estimate of drug-likeness (QED) is 0.786. The molecule has 2 aromatic carbocycles. The summed E-state index contributed by atoms with van der Waals surface area (Å²) in [5, 5.41) is 8.76. The molecule has 0 heterocycles. The number of nitrogens with one attached hydrogen (secondary N) is 3. The molecule has 5 heteroatoms.